The Morgan fingerprint density at radius 3 is 3.16 bits per heavy atom. The van der Waals surface area contributed by atoms with E-state index in [2.05, 4.69) is 12.2 Å². The first kappa shape index (κ1) is 13.9. The number of aryl methyl sites for hydroxylation is 2. The van der Waals surface area contributed by atoms with Gasteiger partial charge in [0.2, 0.25) is 0 Å². The van der Waals surface area contributed by atoms with Gasteiger partial charge in [0.25, 0.3) is 0 Å². The second kappa shape index (κ2) is 5.72. The number of aromatic nitrogens is 1. The molecule has 0 spiro atoms. The zero-order valence-electron chi connectivity index (χ0n) is 11.4. The SMILES string of the molecule is CCc1nc2c(s1)C(NCC1(O)CCSC1)CCC2. The molecule has 2 heterocycles. The Kier molecular flexibility index (Phi) is 4.17. The van der Waals surface area contributed by atoms with Crippen molar-refractivity contribution in [1.82, 2.24) is 10.3 Å². The molecule has 2 atom stereocenters. The minimum Gasteiger partial charge on any atom is -0.388 e. The van der Waals surface area contributed by atoms with Gasteiger partial charge in [-0.2, -0.15) is 11.8 Å². The van der Waals surface area contributed by atoms with Crippen molar-refractivity contribution in [2.45, 2.75) is 50.7 Å². The van der Waals surface area contributed by atoms with Gasteiger partial charge in [-0.1, -0.05) is 6.92 Å². The fraction of sp³-hybridized carbons (Fsp3) is 0.786. The van der Waals surface area contributed by atoms with E-state index < -0.39 is 5.60 Å². The van der Waals surface area contributed by atoms with Crippen LogP contribution in [0.1, 0.15) is 47.8 Å². The van der Waals surface area contributed by atoms with Crippen molar-refractivity contribution in [2.75, 3.05) is 18.1 Å². The molecule has 3 nitrogen and oxygen atoms in total. The first-order valence-electron chi connectivity index (χ1n) is 7.22. The molecular weight excluding hydrogens is 276 g/mol. The van der Waals surface area contributed by atoms with E-state index in [0.29, 0.717) is 6.04 Å². The van der Waals surface area contributed by atoms with Crippen molar-refractivity contribution in [3.8, 4) is 0 Å². The van der Waals surface area contributed by atoms with Gasteiger partial charge >= 0.3 is 0 Å². The second-order valence-electron chi connectivity index (χ2n) is 5.62. The van der Waals surface area contributed by atoms with E-state index in [4.69, 9.17) is 4.98 Å². The lowest BCUT2D eigenvalue weighted by molar-refractivity contribution is 0.0639. The summed E-state index contributed by atoms with van der Waals surface area (Å²) < 4.78 is 0. The molecule has 0 bridgehead atoms. The van der Waals surface area contributed by atoms with Crippen LogP contribution in [0.15, 0.2) is 0 Å². The van der Waals surface area contributed by atoms with Crippen molar-refractivity contribution >= 4 is 23.1 Å². The van der Waals surface area contributed by atoms with Crippen LogP contribution in [-0.4, -0.2) is 33.7 Å². The van der Waals surface area contributed by atoms with Crippen LogP contribution in [0.5, 0.6) is 0 Å². The molecule has 1 saturated heterocycles. The lowest BCUT2D eigenvalue weighted by atomic mass is 9.96. The molecule has 1 aliphatic heterocycles. The molecule has 19 heavy (non-hydrogen) atoms. The molecule has 1 fully saturated rings. The first-order chi connectivity index (χ1) is 9.20. The maximum atomic E-state index is 10.4. The smallest absolute Gasteiger partial charge is 0.0928 e. The van der Waals surface area contributed by atoms with E-state index in [-0.39, 0.29) is 0 Å². The average molecular weight is 298 g/mol. The summed E-state index contributed by atoms with van der Waals surface area (Å²) in [4.78, 5) is 6.16. The third-order valence-corrected chi connectivity index (χ3v) is 6.65. The zero-order valence-corrected chi connectivity index (χ0v) is 13.1. The number of thiazole rings is 1. The minimum absolute atomic E-state index is 0.413. The molecule has 5 heteroatoms. The van der Waals surface area contributed by atoms with E-state index >= 15 is 0 Å². The van der Waals surface area contributed by atoms with Gasteiger partial charge in [0.05, 0.1) is 16.3 Å². The fourth-order valence-electron chi connectivity index (χ4n) is 2.87. The highest BCUT2D eigenvalue weighted by Gasteiger charge is 2.33. The monoisotopic (exact) mass is 298 g/mol. The molecule has 2 unspecified atom stereocenters. The number of hydrogen-bond donors (Lipinski definition) is 2. The number of thioether (sulfide) groups is 1. The fourth-order valence-corrected chi connectivity index (χ4v) is 5.32. The predicted molar refractivity (Wildman–Crippen MR) is 82.1 cm³/mol. The molecule has 2 N–H and O–H groups in total. The molecule has 106 valence electrons. The molecule has 1 aromatic rings. The maximum absolute atomic E-state index is 10.4. The summed E-state index contributed by atoms with van der Waals surface area (Å²) in [5.74, 6) is 1.97. The Labute approximate surface area is 123 Å². The van der Waals surface area contributed by atoms with Gasteiger partial charge in [0, 0.05) is 23.2 Å². The van der Waals surface area contributed by atoms with Crippen LogP contribution in [0.25, 0.3) is 0 Å². The maximum Gasteiger partial charge on any atom is 0.0928 e. The quantitative estimate of drug-likeness (QED) is 0.897. The molecule has 0 amide bonds. The Morgan fingerprint density at radius 1 is 1.53 bits per heavy atom. The third kappa shape index (κ3) is 2.99. The topological polar surface area (TPSA) is 45.2 Å². The standard InChI is InChI=1S/C14H22N2OS2/c1-2-12-16-11-5-3-4-10(13(11)19-12)15-8-14(17)6-7-18-9-14/h10,15,17H,2-9H2,1H3. The molecule has 0 radical (unpaired) electrons. The van der Waals surface area contributed by atoms with Gasteiger partial charge in [-0.05, 0) is 37.9 Å². The van der Waals surface area contributed by atoms with Crippen LogP contribution < -0.4 is 5.32 Å². The van der Waals surface area contributed by atoms with E-state index in [0.717, 1.165) is 37.3 Å². The third-order valence-electron chi connectivity index (χ3n) is 4.06. The van der Waals surface area contributed by atoms with Crippen molar-refractivity contribution < 1.29 is 5.11 Å². The van der Waals surface area contributed by atoms with Crippen LogP contribution in [0, 0.1) is 0 Å². The lowest BCUT2D eigenvalue weighted by Crippen LogP contribution is -2.42. The van der Waals surface area contributed by atoms with E-state index in [9.17, 15) is 5.11 Å². The Bertz CT molecular complexity index is 441. The summed E-state index contributed by atoms with van der Waals surface area (Å²) in [6.07, 6.45) is 5.48. The minimum atomic E-state index is -0.486. The molecule has 1 aromatic heterocycles. The van der Waals surface area contributed by atoms with Crippen molar-refractivity contribution in [2.24, 2.45) is 0 Å². The summed E-state index contributed by atoms with van der Waals surface area (Å²) in [5.41, 5.74) is 0.818. The second-order valence-corrected chi connectivity index (χ2v) is 7.85. The van der Waals surface area contributed by atoms with Gasteiger partial charge in [-0.15, -0.1) is 11.3 Å². The van der Waals surface area contributed by atoms with Crippen LogP contribution in [0.3, 0.4) is 0 Å². The summed E-state index contributed by atoms with van der Waals surface area (Å²) in [6.45, 7) is 2.90. The molecular formula is C14H22N2OS2. The summed E-state index contributed by atoms with van der Waals surface area (Å²) in [7, 11) is 0. The normalized spacial score (nSPS) is 30.5. The number of nitrogens with one attached hydrogen (secondary N) is 1. The van der Waals surface area contributed by atoms with Crippen molar-refractivity contribution in [3.05, 3.63) is 15.6 Å². The van der Waals surface area contributed by atoms with Crippen molar-refractivity contribution in [3.63, 3.8) is 0 Å². The number of nitrogens with zero attached hydrogens (tertiary/aromatic N) is 1. The number of rotatable bonds is 4. The zero-order chi connectivity index (χ0) is 13.3. The summed E-state index contributed by atoms with van der Waals surface area (Å²) in [6, 6.07) is 0.413. The molecule has 1 aliphatic carbocycles. The van der Waals surface area contributed by atoms with Gasteiger partial charge in [-0.25, -0.2) is 4.98 Å². The molecule has 0 aromatic carbocycles. The van der Waals surface area contributed by atoms with Crippen LogP contribution in [0.4, 0.5) is 0 Å². The highest BCUT2D eigenvalue weighted by Crippen LogP contribution is 2.35. The molecule has 2 aliphatic rings. The number of fused-ring (bicyclic) bond motifs is 1. The summed E-state index contributed by atoms with van der Waals surface area (Å²) >= 11 is 3.73. The molecule has 3 rings (SSSR count). The Balaban J connectivity index is 1.67. The largest absolute Gasteiger partial charge is 0.388 e. The van der Waals surface area contributed by atoms with Crippen LogP contribution in [0.2, 0.25) is 0 Å². The highest BCUT2D eigenvalue weighted by atomic mass is 32.2. The van der Waals surface area contributed by atoms with E-state index in [1.165, 1.54) is 28.4 Å². The van der Waals surface area contributed by atoms with Gasteiger partial charge in [-0.3, -0.25) is 0 Å². The van der Waals surface area contributed by atoms with Gasteiger partial charge < -0.3 is 10.4 Å². The van der Waals surface area contributed by atoms with Gasteiger partial charge in [0.15, 0.2) is 0 Å². The lowest BCUT2D eigenvalue weighted by Gasteiger charge is -2.28. The van der Waals surface area contributed by atoms with Gasteiger partial charge in [0.1, 0.15) is 0 Å². The average Bonchev–Trinajstić information content (AvgIpc) is 3.02. The summed E-state index contributed by atoms with van der Waals surface area (Å²) in [5, 5.41) is 15.3. The van der Waals surface area contributed by atoms with Crippen molar-refractivity contribution in [1.29, 1.82) is 0 Å². The Hall–Kier alpha value is -0.100. The highest BCUT2D eigenvalue weighted by molar-refractivity contribution is 7.99. The van der Waals surface area contributed by atoms with E-state index in [1.54, 1.807) is 0 Å². The first-order valence-corrected chi connectivity index (χ1v) is 9.19. The number of hydrogen-bond acceptors (Lipinski definition) is 5. The van der Waals surface area contributed by atoms with Crippen LogP contribution >= 0.6 is 23.1 Å². The number of aliphatic hydroxyl groups is 1. The predicted octanol–water partition coefficient (Wildman–Crippen LogP) is 2.54. The van der Waals surface area contributed by atoms with Crippen LogP contribution in [-0.2, 0) is 12.8 Å². The molecule has 0 saturated carbocycles. The van der Waals surface area contributed by atoms with E-state index in [1.807, 2.05) is 23.1 Å². The Morgan fingerprint density at radius 2 is 2.42 bits per heavy atom.